The van der Waals surface area contributed by atoms with Crippen molar-refractivity contribution in [3.05, 3.63) is 53.0 Å². The zero-order chi connectivity index (χ0) is 16.4. The van der Waals surface area contributed by atoms with Crippen molar-refractivity contribution in [1.82, 2.24) is 10.9 Å². The lowest BCUT2D eigenvalue weighted by Crippen LogP contribution is -2.47. The van der Waals surface area contributed by atoms with E-state index in [-0.39, 0.29) is 11.8 Å². The van der Waals surface area contributed by atoms with E-state index in [4.69, 9.17) is 9.15 Å². The standard InChI is InChI=1S/C17H18N2O4/c1-10-7-14(11(2)23-10)17(21)19-18-16(20)13-8-12-5-3-4-6-15(12)22-9-13/h3-7,13H,8-9H2,1-2H3,(H,18,20)(H,19,21). The summed E-state index contributed by atoms with van der Waals surface area (Å²) in [5, 5.41) is 0. The van der Waals surface area contributed by atoms with E-state index in [1.165, 1.54) is 0 Å². The number of nitrogens with one attached hydrogen (secondary N) is 2. The van der Waals surface area contributed by atoms with Gasteiger partial charge in [-0.25, -0.2) is 0 Å². The van der Waals surface area contributed by atoms with Crippen LogP contribution in [0.25, 0.3) is 0 Å². The third kappa shape index (κ3) is 3.21. The Kier molecular flexibility index (Phi) is 4.06. The van der Waals surface area contributed by atoms with Crippen LogP contribution in [0.2, 0.25) is 0 Å². The van der Waals surface area contributed by atoms with Crippen LogP contribution in [0.15, 0.2) is 34.7 Å². The molecule has 6 heteroatoms. The molecule has 2 N–H and O–H groups in total. The summed E-state index contributed by atoms with van der Waals surface area (Å²) in [6, 6.07) is 9.26. The minimum absolute atomic E-state index is 0.272. The van der Waals surface area contributed by atoms with E-state index in [0.29, 0.717) is 30.1 Å². The molecule has 1 atom stereocenters. The number of carbonyl (C=O) groups is 2. The summed E-state index contributed by atoms with van der Waals surface area (Å²) >= 11 is 0. The second kappa shape index (κ2) is 6.16. The summed E-state index contributed by atoms with van der Waals surface area (Å²) < 4.78 is 10.9. The minimum Gasteiger partial charge on any atom is -0.492 e. The van der Waals surface area contributed by atoms with Crippen molar-refractivity contribution in [3.8, 4) is 5.75 Å². The Morgan fingerprint density at radius 2 is 1.96 bits per heavy atom. The van der Waals surface area contributed by atoms with Gasteiger partial charge in [0, 0.05) is 0 Å². The molecule has 2 amide bonds. The Labute approximate surface area is 133 Å². The highest BCUT2D eigenvalue weighted by atomic mass is 16.5. The molecule has 2 heterocycles. The summed E-state index contributed by atoms with van der Waals surface area (Å²) in [7, 11) is 0. The number of benzene rings is 1. The molecule has 2 aromatic rings. The minimum atomic E-state index is -0.398. The normalized spacial score (nSPS) is 16.2. The highest BCUT2D eigenvalue weighted by Crippen LogP contribution is 2.26. The molecule has 120 valence electrons. The Bertz CT molecular complexity index is 751. The van der Waals surface area contributed by atoms with Crippen LogP contribution in [0.4, 0.5) is 0 Å². The van der Waals surface area contributed by atoms with E-state index >= 15 is 0 Å². The Morgan fingerprint density at radius 3 is 2.70 bits per heavy atom. The van der Waals surface area contributed by atoms with Crippen LogP contribution in [0, 0.1) is 19.8 Å². The lowest BCUT2D eigenvalue weighted by atomic mass is 9.96. The Balaban J connectivity index is 1.58. The van der Waals surface area contributed by atoms with Gasteiger partial charge in [-0.15, -0.1) is 0 Å². The molecule has 1 aromatic heterocycles. The van der Waals surface area contributed by atoms with Gasteiger partial charge in [-0.05, 0) is 38.0 Å². The first-order valence-electron chi connectivity index (χ1n) is 7.42. The zero-order valence-electron chi connectivity index (χ0n) is 13.0. The number of fused-ring (bicyclic) bond motifs is 1. The number of hydrogen-bond donors (Lipinski definition) is 2. The highest BCUT2D eigenvalue weighted by Gasteiger charge is 2.26. The number of ether oxygens (including phenoxy) is 1. The van der Waals surface area contributed by atoms with Gasteiger partial charge in [0.25, 0.3) is 5.91 Å². The maximum Gasteiger partial charge on any atom is 0.273 e. The summed E-state index contributed by atoms with van der Waals surface area (Å²) in [4.78, 5) is 24.3. The number of carbonyl (C=O) groups excluding carboxylic acids is 2. The number of hydrazine groups is 1. The quantitative estimate of drug-likeness (QED) is 0.830. The Morgan fingerprint density at radius 1 is 1.17 bits per heavy atom. The van der Waals surface area contributed by atoms with Gasteiger partial charge in [0.15, 0.2) is 0 Å². The molecule has 0 radical (unpaired) electrons. The fourth-order valence-corrected chi connectivity index (χ4v) is 2.64. The van der Waals surface area contributed by atoms with Gasteiger partial charge in [0.05, 0.1) is 11.5 Å². The molecule has 0 bridgehead atoms. The third-order valence-corrected chi connectivity index (χ3v) is 3.83. The molecule has 0 saturated heterocycles. The van der Waals surface area contributed by atoms with E-state index in [1.807, 2.05) is 24.3 Å². The SMILES string of the molecule is Cc1cc(C(=O)NNC(=O)C2COc3ccccc3C2)c(C)o1. The lowest BCUT2D eigenvalue weighted by molar-refractivity contribution is -0.127. The number of rotatable bonds is 2. The van der Waals surface area contributed by atoms with Gasteiger partial charge in [0.1, 0.15) is 23.9 Å². The van der Waals surface area contributed by atoms with Gasteiger partial charge in [0.2, 0.25) is 5.91 Å². The molecular weight excluding hydrogens is 296 g/mol. The Hall–Kier alpha value is -2.76. The van der Waals surface area contributed by atoms with Gasteiger partial charge >= 0.3 is 0 Å². The second-order valence-corrected chi connectivity index (χ2v) is 5.59. The molecule has 3 rings (SSSR count). The van der Waals surface area contributed by atoms with Crippen LogP contribution < -0.4 is 15.6 Å². The van der Waals surface area contributed by atoms with E-state index in [9.17, 15) is 9.59 Å². The topological polar surface area (TPSA) is 80.6 Å². The van der Waals surface area contributed by atoms with E-state index in [2.05, 4.69) is 10.9 Å². The average Bonchev–Trinajstić information content (AvgIpc) is 2.90. The van der Waals surface area contributed by atoms with Crippen molar-refractivity contribution < 1.29 is 18.7 Å². The molecule has 23 heavy (non-hydrogen) atoms. The van der Waals surface area contributed by atoms with Crippen molar-refractivity contribution in [2.75, 3.05) is 6.61 Å². The largest absolute Gasteiger partial charge is 0.492 e. The molecule has 1 aliphatic heterocycles. The van der Waals surface area contributed by atoms with Crippen LogP contribution in [0.1, 0.15) is 27.4 Å². The van der Waals surface area contributed by atoms with E-state index in [1.54, 1.807) is 19.9 Å². The van der Waals surface area contributed by atoms with Crippen molar-refractivity contribution in [3.63, 3.8) is 0 Å². The number of aryl methyl sites for hydroxylation is 2. The molecule has 1 unspecified atom stereocenters. The fourth-order valence-electron chi connectivity index (χ4n) is 2.64. The molecule has 0 spiro atoms. The van der Waals surface area contributed by atoms with Gasteiger partial charge in [-0.2, -0.15) is 0 Å². The summed E-state index contributed by atoms with van der Waals surface area (Å²) in [6.07, 6.45) is 0.585. The maximum atomic E-state index is 12.2. The number of hydrogen-bond acceptors (Lipinski definition) is 4. The highest BCUT2D eigenvalue weighted by molar-refractivity contribution is 5.96. The molecular formula is C17H18N2O4. The first-order chi connectivity index (χ1) is 11.0. The molecule has 0 aliphatic carbocycles. The van der Waals surface area contributed by atoms with Gasteiger partial charge in [-0.3, -0.25) is 20.4 Å². The van der Waals surface area contributed by atoms with E-state index < -0.39 is 5.91 Å². The third-order valence-electron chi connectivity index (χ3n) is 3.83. The van der Waals surface area contributed by atoms with Gasteiger partial charge in [-0.1, -0.05) is 18.2 Å². The van der Waals surface area contributed by atoms with Crippen molar-refractivity contribution in [1.29, 1.82) is 0 Å². The number of furan rings is 1. The molecule has 1 aliphatic rings. The monoisotopic (exact) mass is 314 g/mol. The smallest absolute Gasteiger partial charge is 0.273 e. The number of para-hydroxylation sites is 1. The number of amides is 2. The van der Waals surface area contributed by atoms with Crippen LogP contribution in [-0.4, -0.2) is 18.4 Å². The molecule has 1 aromatic carbocycles. The summed E-state index contributed by atoms with van der Waals surface area (Å²) in [5.74, 6) is 0.971. The van der Waals surface area contributed by atoms with Crippen LogP contribution in [0.5, 0.6) is 5.75 Å². The second-order valence-electron chi connectivity index (χ2n) is 5.59. The first kappa shape index (κ1) is 15.1. The van der Waals surface area contributed by atoms with Crippen molar-refractivity contribution >= 4 is 11.8 Å². The van der Waals surface area contributed by atoms with E-state index in [0.717, 1.165) is 11.3 Å². The predicted molar refractivity (Wildman–Crippen MR) is 82.9 cm³/mol. The molecule has 0 saturated carbocycles. The van der Waals surface area contributed by atoms with Crippen LogP contribution >= 0.6 is 0 Å². The van der Waals surface area contributed by atoms with Crippen molar-refractivity contribution in [2.45, 2.75) is 20.3 Å². The first-order valence-corrected chi connectivity index (χ1v) is 7.42. The van der Waals surface area contributed by atoms with Crippen molar-refractivity contribution in [2.24, 2.45) is 5.92 Å². The average molecular weight is 314 g/mol. The molecule has 6 nitrogen and oxygen atoms in total. The fraction of sp³-hybridized carbons (Fsp3) is 0.294. The molecule has 0 fully saturated rings. The maximum absolute atomic E-state index is 12.2. The summed E-state index contributed by atoms with van der Waals surface area (Å²) in [5.41, 5.74) is 6.28. The lowest BCUT2D eigenvalue weighted by Gasteiger charge is -2.24. The predicted octanol–water partition coefficient (Wildman–Crippen LogP) is 1.91. The van der Waals surface area contributed by atoms with Crippen LogP contribution in [0.3, 0.4) is 0 Å². The van der Waals surface area contributed by atoms with Crippen LogP contribution in [-0.2, 0) is 11.2 Å². The summed E-state index contributed by atoms with van der Waals surface area (Å²) in [6.45, 7) is 3.76. The van der Waals surface area contributed by atoms with Gasteiger partial charge < -0.3 is 9.15 Å². The zero-order valence-corrected chi connectivity index (χ0v) is 13.0.